The normalized spacial score (nSPS) is 13.6. The van der Waals surface area contributed by atoms with Crippen molar-refractivity contribution in [3.8, 4) is 0 Å². The van der Waals surface area contributed by atoms with Gasteiger partial charge in [-0.2, -0.15) is 0 Å². The summed E-state index contributed by atoms with van der Waals surface area (Å²) in [4.78, 5) is 0. The number of rotatable bonds is 2. The third-order valence-corrected chi connectivity index (χ3v) is 0.891. The molecule has 0 spiro atoms. The minimum atomic E-state index is -0.407. The van der Waals surface area contributed by atoms with Gasteiger partial charge in [-0.1, -0.05) is 18.7 Å². The number of hydrogen-bond acceptors (Lipinski definition) is 1. The van der Waals surface area contributed by atoms with Crippen LogP contribution in [-0.4, -0.2) is 0 Å². The van der Waals surface area contributed by atoms with Crippen LogP contribution < -0.4 is 5.73 Å². The molecular weight excluding hydrogens is 117 g/mol. The van der Waals surface area contributed by atoms with Crippen LogP contribution >= 0.6 is 0 Å². The summed E-state index contributed by atoms with van der Waals surface area (Å²) in [7, 11) is 0. The molecule has 50 valence electrons. The van der Waals surface area contributed by atoms with Gasteiger partial charge in [-0.15, -0.1) is 0 Å². The van der Waals surface area contributed by atoms with Crippen molar-refractivity contribution < 1.29 is 4.39 Å². The molecule has 9 heavy (non-hydrogen) atoms. The maximum atomic E-state index is 12.3. The molecule has 0 aliphatic heterocycles. The third-order valence-electron chi connectivity index (χ3n) is 0.891. The lowest BCUT2D eigenvalue weighted by molar-refractivity contribution is 0.648. The number of nitrogens with two attached hydrogens (primary N) is 1. The highest BCUT2D eigenvalue weighted by Crippen LogP contribution is 2.07. The van der Waals surface area contributed by atoms with E-state index in [1.165, 1.54) is 6.08 Å². The van der Waals surface area contributed by atoms with Crippen molar-refractivity contribution in [1.82, 2.24) is 0 Å². The molecule has 0 unspecified atom stereocenters. The Morgan fingerprint density at radius 1 is 1.67 bits per heavy atom. The average Bonchev–Trinajstić information content (AvgIpc) is 1.87. The van der Waals surface area contributed by atoms with Gasteiger partial charge in [0.25, 0.3) is 0 Å². The van der Waals surface area contributed by atoms with Crippen LogP contribution in [0.4, 0.5) is 4.39 Å². The van der Waals surface area contributed by atoms with E-state index in [1.807, 2.05) is 0 Å². The Balaban J connectivity index is 4.19. The van der Waals surface area contributed by atoms with E-state index in [-0.39, 0.29) is 0 Å². The number of halogens is 1. The summed E-state index contributed by atoms with van der Waals surface area (Å²) in [6.45, 7) is 5.03. The molecule has 0 atom stereocenters. The Hall–Kier alpha value is -1.05. The van der Waals surface area contributed by atoms with Crippen molar-refractivity contribution in [2.45, 2.75) is 6.92 Å². The van der Waals surface area contributed by atoms with Crippen LogP contribution in [0.5, 0.6) is 0 Å². The minimum absolute atomic E-state index is 0.407. The van der Waals surface area contributed by atoms with Crippen molar-refractivity contribution >= 4 is 0 Å². The quantitative estimate of drug-likeness (QED) is 0.563. The van der Waals surface area contributed by atoms with Crippen LogP contribution in [0.1, 0.15) is 6.92 Å². The van der Waals surface area contributed by atoms with E-state index >= 15 is 0 Å². The van der Waals surface area contributed by atoms with Gasteiger partial charge in [0, 0.05) is 6.20 Å². The highest BCUT2D eigenvalue weighted by atomic mass is 19.1. The second kappa shape index (κ2) is 3.89. The first-order valence-electron chi connectivity index (χ1n) is 2.59. The fourth-order valence-corrected chi connectivity index (χ4v) is 0.388. The molecule has 0 aromatic rings. The van der Waals surface area contributed by atoms with Gasteiger partial charge in [-0.3, -0.25) is 0 Å². The van der Waals surface area contributed by atoms with Crippen molar-refractivity contribution in [2.75, 3.05) is 0 Å². The molecule has 2 heteroatoms. The maximum absolute atomic E-state index is 12.3. The molecule has 1 nitrogen and oxygen atoms in total. The fourth-order valence-electron chi connectivity index (χ4n) is 0.388. The highest BCUT2D eigenvalue weighted by molar-refractivity contribution is 5.25. The zero-order valence-electron chi connectivity index (χ0n) is 5.39. The Kier molecular flexibility index (Phi) is 3.44. The van der Waals surface area contributed by atoms with E-state index in [9.17, 15) is 4.39 Å². The Bertz CT molecular complexity index is 156. The van der Waals surface area contributed by atoms with Crippen molar-refractivity contribution in [3.63, 3.8) is 0 Å². The van der Waals surface area contributed by atoms with Gasteiger partial charge in [0.2, 0.25) is 0 Å². The lowest BCUT2D eigenvalue weighted by atomic mass is 10.2. The summed E-state index contributed by atoms with van der Waals surface area (Å²) >= 11 is 0. The van der Waals surface area contributed by atoms with Gasteiger partial charge >= 0.3 is 0 Å². The van der Waals surface area contributed by atoms with Crippen LogP contribution in [0, 0.1) is 0 Å². The van der Waals surface area contributed by atoms with Crippen LogP contribution in [-0.2, 0) is 0 Å². The number of allylic oxidation sites excluding steroid dienone is 4. The van der Waals surface area contributed by atoms with Crippen LogP contribution in [0.15, 0.2) is 36.3 Å². The van der Waals surface area contributed by atoms with Crippen LogP contribution in [0.25, 0.3) is 0 Å². The second-order valence-electron chi connectivity index (χ2n) is 1.60. The molecule has 0 fully saturated rings. The molecule has 0 saturated carbocycles. The molecule has 0 aliphatic carbocycles. The third kappa shape index (κ3) is 2.69. The minimum Gasteiger partial charge on any atom is -0.402 e. The van der Waals surface area contributed by atoms with Gasteiger partial charge in [0.05, 0.1) is 0 Å². The molecule has 0 bridgehead atoms. The van der Waals surface area contributed by atoms with E-state index in [4.69, 9.17) is 5.73 Å². The molecule has 2 N–H and O–H groups in total. The maximum Gasteiger partial charge on any atom is 0.141 e. The second-order valence-corrected chi connectivity index (χ2v) is 1.60. The Morgan fingerprint density at radius 2 is 2.22 bits per heavy atom. The Labute approximate surface area is 54.4 Å². The van der Waals surface area contributed by atoms with Gasteiger partial charge in [-0.25, -0.2) is 4.39 Å². The largest absolute Gasteiger partial charge is 0.402 e. The van der Waals surface area contributed by atoms with Gasteiger partial charge in [0.15, 0.2) is 0 Å². The van der Waals surface area contributed by atoms with Crippen molar-refractivity contribution in [3.05, 3.63) is 36.3 Å². The first kappa shape index (κ1) is 7.95. The topological polar surface area (TPSA) is 26.0 Å². The molecule has 0 aliphatic rings. The van der Waals surface area contributed by atoms with E-state index < -0.39 is 5.83 Å². The fraction of sp³-hybridized carbons (Fsp3) is 0.143. The van der Waals surface area contributed by atoms with Crippen LogP contribution in [0.3, 0.4) is 0 Å². The van der Waals surface area contributed by atoms with E-state index in [2.05, 4.69) is 6.58 Å². The zero-order valence-corrected chi connectivity index (χ0v) is 5.39. The highest BCUT2D eigenvalue weighted by Gasteiger charge is 1.91. The monoisotopic (exact) mass is 127 g/mol. The van der Waals surface area contributed by atoms with E-state index in [0.717, 1.165) is 6.20 Å². The molecule has 0 aromatic heterocycles. The lowest BCUT2D eigenvalue weighted by Crippen LogP contribution is -1.83. The number of hydrogen-bond donors (Lipinski definition) is 1. The lowest BCUT2D eigenvalue weighted by Gasteiger charge is -1.90. The molecule has 0 radical (unpaired) electrons. The van der Waals surface area contributed by atoms with Crippen molar-refractivity contribution in [1.29, 1.82) is 0 Å². The summed E-state index contributed by atoms with van der Waals surface area (Å²) < 4.78 is 12.3. The molecule has 0 amide bonds. The van der Waals surface area contributed by atoms with E-state index in [0.29, 0.717) is 5.57 Å². The summed E-state index contributed by atoms with van der Waals surface area (Å²) in [5.74, 6) is -0.407. The smallest absolute Gasteiger partial charge is 0.141 e. The summed E-state index contributed by atoms with van der Waals surface area (Å²) in [5.41, 5.74) is 5.38. The molecule has 0 saturated heterocycles. The predicted molar refractivity (Wildman–Crippen MR) is 37.3 cm³/mol. The zero-order chi connectivity index (χ0) is 7.28. The van der Waals surface area contributed by atoms with Crippen LogP contribution in [0.2, 0.25) is 0 Å². The van der Waals surface area contributed by atoms with Crippen molar-refractivity contribution in [2.24, 2.45) is 5.73 Å². The van der Waals surface area contributed by atoms with E-state index in [1.54, 1.807) is 13.0 Å². The molecule has 0 heterocycles. The summed E-state index contributed by atoms with van der Waals surface area (Å²) in [6.07, 6.45) is 3.99. The average molecular weight is 127 g/mol. The standard InChI is InChI=1S/C7H10FN/c1-3-4-6(2)7(8)5-9/h3-5H,1,9H2,2H3/b6-4-,7-5+. The van der Waals surface area contributed by atoms with Gasteiger partial charge in [-0.05, 0) is 12.5 Å². The molecule has 0 rings (SSSR count). The summed E-state index contributed by atoms with van der Waals surface area (Å²) in [6, 6.07) is 0. The Morgan fingerprint density at radius 3 is 2.56 bits per heavy atom. The summed E-state index contributed by atoms with van der Waals surface area (Å²) in [5, 5.41) is 0. The van der Waals surface area contributed by atoms with Gasteiger partial charge in [0.1, 0.15) is 5.83 Å². The molecule has 0 aromatic carbocycles. The molecular formula is C7H10FN. The first-order valence-corrected chi connectivity index (χ1v) is 2.59. The SMILES string of the molecule is C=C/C=C(C)\C(F)=C/N. The predicted octanol–water partition coefficient (Wildman–Crippen LogP) is 1.89. The first-order chi connectivity index (χ1) is 4.22. The van der Waals surface area contributed by atoms with Gasteiger partial charge < -0.3 is 5.73 Å².